The van der Waals surface area contributed by atoms with Gasteiger partial charge in [0, 0.05) is 56.4 Å². The topological polar surface area (TPSA) is 164 Å². The summed E-state index contributed by atoms with van der Waals surface area (Å²) in [5.41, 5.74) is 3.39. The van der Waals surface area contributed by atoms with Crippen LogP contribution in [-0.4, -0.2) is 86.0 Å². The molecule has 4 heterocycles. The number of nitrogens with zero attached hydrogens (tertiary/aromatic N) is 6. The van der Waals surface area contributed by atoms with E-state index < -0.39 is 11.8 Å². The van der Waals surface area contributed by atoms with Crippen LogP contribution in [0.4, 0.5) is 11.5 Å². The van der Waals surface area contributed by atoms with Gasteiger partial charge >= 0.3 is 0 Å². The Labute approximate surface area is 253 Å². The molecule has 5 aromatic rings. The van der Waals surface area contributed by atoms with Crippen molar-refractivity contribution >= 4 is 40.3 Å². The van der Waals surface area contributed by atoms with E-state index in [4.69, 9.17) is 4.74 Å². The second-order valence-electron chi connectivity index (χ2n) is 10.5. The van der Waals surface area contributed by atoms with Crippen LogP contribution in [0.15, 0.2) is 55.0 Å². The highest BCUT2D eigenvalue weighted by molar-refractivity contribution is 6.07. The van der Waals surface area contributed by atoms with Crippen LogP contribution in [0.5, 0.6) is 5.88 Å². The van der Waals surface area contributed by atoms with Crippen molar-refractivity contribution in [3.05, 3.63) is 72.1 Å². The first-order valence-electron chi connectivity index (χ1n) is 13.9. The number of ether oxygens (including phenoxy) is 1. The van der Waals surface area contributed by atoms with Crippen LogP contribution in [0.3, 0.4) is 0 Å². The van der Waals surface area contributed by atoms with Gasteiger partial charge in [-0.2, -0.15) is 0 Å². The summed E-state index contributed by atoms with van der Waals surface area (Å²) >= 11 is 0. The first-order valence-corrected chi connectivity index (χ1v) is 13.9. The second kappa shape index (κ2) is 12.8. The van der Waals surface area contributed by atoms with E-state index >= 15 is 0 Å². The molecule has 14 nitrogen and oxygen atoms in total. The van der Waals surface area contributed by atoms with Crippen molar-refractivity contribution < 1.29 is 19.1 Å². The standard InChI is InChI=1S/C30H34N10O4/c1-38(2)12-6-11-31-29(42)23-14-20(16-39(23)3)33-30(43)27-36-24(17-40(27)4)37-28(41)18-7-9-21-22(13-18)35-26(34-21)19-8-10-25(44-5)32-15-19/h7-10,13-17H,6,11-12H2,1-5H3,(H,31,42)(H,33,43)(H,34,35)(H,37,41). The number of aromatic amines is 1. The van der Waals surface area contributed by atoms with Crippen molar-refractivity contribution in [2.75, 3.05) is 44.9 Å². The number of rotatable bonds is 11. The summed E-state index contributed by atoms with van der Waals surface area (Å²) < 4.78 is 8.27. The van der Waals surface area contributed by atoms with E-state index in [0.717, 1.165) is 18.5 Å². The van der Waals surface area contributed by atoms with Crippen molar-refractivity contribution in [1.82, 2.24) is 39.3 Å². The Morgan fingerprint density at radius 2 is 1.77 bits per heavy atom. The molecule has 0 aliphatic rings. The van der Waals surface area contributed by atoms with Crippen molar-refractivity contribution in [2.45, 2.75) is 6.42 Å². The molecule has 0 fully saturated rings. The molecule has 0 atom stereocenters. The second-order valence-corrected chi connectivity index (χ2v) is 10.5. The number of anilines is 2. The molecule has 0 bridgehead atoms. The number of hydrogen-bond donors (Lipinski definition) is 4. The molecule has 5 rings (SSSR count). The van der Waals surface area contributed by atoms with Gasteiger partial charge in [0.2, 0.25) is 11.7 Å². The minimum Gasteiger partial charge on any atom is -0.481 e. The van der Waals surface area contributed by atoms with E-state index in [1.165, 1.54) is 4.57 Å². The maximum Gasteiger partial charge on any atom is 0.291 e. The zero-order valence-electron chi connectivity index (χ0n) is 25.1. The van der Waals surface area contributed by atoms with Crippen LogP contribution in [0.2, 0.25) is 0 Å². The van der Waals surface area contributed by atoms with Crippen molar-refractivity contribution in [1.29, 1.82) is 0 Å². The summed E-state index contributed by atoms with van der Waals surface area (Å²) in [4.78, 5) is 57.0. The molecular formula is C30H34N10O4. The number of methoxy groups -OCH3 is 1. The number of aryl methyl sites for hydroxylation is 2. The number of nitrogens with one attached hydrogen (secondary N) is 4. The fourth-order valence-electron chi connectivity index (χ4n) is 4.59. The molecule has 4 aromatic heterocycles. The van der Waals surface area contributed by atoms with Gasteiger partial charge in [0.05, 0.1) is 23.8 Å². The van der Waals surface area contributed by atoms with Crippen LogP contribution in [0.1, 0.15) is 37.9 Å². The number of amides is 3. The zero-order valence-corrected chi connectivity index (χ0v) is 25.1. The van der Waals surface area contributed by atoms with E-state index in [-0.39, 0.29) is 17.5 Å². The van der Waals surface area contributed by atoms with E-state index in [2.05, 4.69) is 40.8 Å². The molecule has 3 amide bonds. The molecule has 44 heavy (non-hydrogen) atoms. The number of carbonyl (C=O) groups excluding carboxylic acids is 3. The number of aromatic nitrogens is 6. The summed E-state index contributed by atoms with van der Waals surface area (Å²) in [6.07, 6.45) is 5.68. The fraction of sp³-hybridized carbons (Fsp3) is 0.267. The molecule has 14 heteroatoms. The third kappa shape index (κ3) is 6.76. The van der Waals surface area contributed by atoms with Gasteiger partial charge in [-0.15, -0.1) is 0 Å². The minimum absolute atomic E-state index is 0.0839. The Morgan fingerprint density at radius 1 is 0.955 bits per heavy atom. The van der Waals surface area contributed by atoms with Gasteiger partial charge in [-0.3, -0.25) is 14.4 Å². The Bertz CT molecular complexity index is 1820. The Kier molecular flexibility index (Phi) is 8.71. The monoisotopic (exact) mass is 598 g/mol. The zero-order chi connectivity index (χ0) is 31.4. The largest absolute Gasteiger partial charge is 0.481 e. The fourth-order valence-corrected chi connectivity index (χ4v) is 4.59. The van der Waals surface area contributed by atoms with Crippen molar-refractivity contribution in [2.24, 2.45) is 14.1 Å². The number of H-pyrrole nitrogens is 1. The third-order valence-electron chi connectivity index (χ3n) is 6.85. The normalized spacial score (nSPS) is 11.1. The maximum atomic E-state index is 13.1. The van der Waals surface area contributed by atoms with Gasteiger partial charge in [-0.25, -0.2) is 15.0 Å². The van der Waals surface area contributed by atoms with E-state index in [1.54, 1.807) is 74.7 Å². The van der Waals surface area contributed by atoms with Crippen molar-refractivity contribution in [3.8, 4) is 17.3 Å². The predicted octanol–water partition coefficient (Wildman–Crippen LogP) is 2.89. The van der Waals surface area contributed by atoms with Crippen LogP contribution in [0.25, 0.3) is 22.4 Å². The number of pyridine rings is 1. The molecule has 0 radical (unpaired) electrons. The first-order chi connectivity index (χ1) is 21.1. The van der Waals surface area contributed by atoms with E-state index in [1.807, 2.05) is 20.2 Å². The summed E-state index contributed by atoms with van der Waals surface area (Å²) in [5.74, 6) is 0.290. The molecule has 0 saturated heterocycles. The molecule has 228 valence electrons. The lowest BCUT2D eigenvalue weighted by atomic mass is 10.2. The molecular weight excluding hydrogens is 564 g/mol. The van der Waals surface area contributed by atoms with Gasteiger partial charge < -0.3 is 39.7 Å². The number of benzene rings is 1. The van der Waals surface area contributed by atoms with Gasteiger partial charge in [-0.05, 0) is 57.4 Å². The predicted molar refractivity (Wildman–Crippen MR) is 166 cm³/mol. The summed E-state index contributed by atoms with van der Waals surface area (Å²) in [6, 6.07) is 10.3. The van der Waals surface area contributed by atoms with Gasteiger partial charge in [0.1, 0.15) is 11.5 Å². The van der Waals surface area contributed by atoms with E-state index in [9.17, 15) is 14.4 Å². The van der Waals surface area contributed by atoms with Crippen LogP contribution in [0, 0.1) is 0 Å². The number of hydrogen-bond acceptors (Lipinski definition) is 8. The van der Waals surface area contributed by atoms with Crippen LogP contribution >= 0.6 is 0 Å². The molecule has 4 N–H and O–H groups in total. The average Bonchev–Trinajstić information content (AvgIpc) is 3.70. The quantitative estimate of drug-likeness (QED) is 0.169. The lowest BCUT2D eigenvalue weighted by Crippen LogP contribution is -2.28. The van der Waals surface area contributed by atoms with Crippen LogP contribution in [-0.2, 0) is 14.1 Å². The molecule has 1 aromatic carbocycles. The Morgan fingerprint density at radius 3 is 2.50 bits per heavy atom. The maximum absolute atomic E-state index is 13.1. The Balaban J connectivity index is 1.22. The summed E-state index contributed by atoms with van der Waals surface area (Å²) in [7, 11) is 8.89. The molecule has 0 aliphatic heterocycles. The van der Waals surface area contributed by atoms with Crippen LogP contribution < -0.4 is 20.7 Å². The number of imidazole rings is 2. The third-order valence-corrected chi connectivity index (χ3v) is 6.85. The number of fused-ring (bicyclic) bond motifs is 1. The average molecular weight is 599 g/mol. The molecule has 0 unspecified atom stereocenters. The Hall–Kier alpha value is -5.50. The SMILES string of the molecule is COc1ccc(-c2nc3ccc(C(=O)Nc4cn(C)c(C(=O)Nc5cc(C(=O)NCCCN(C)C)n(C)c5)n4)cc3[nH]2)cn1. The lowest BCUT2D eigenvalue weighted by Gasteiger charge is -2.10. The minimum atomic E-state index is -0.490. The van der Waals surface area contributed by atoms with Gasteiger partial charge in [-0.1, -0.05) is 0 Å². The smallest absolute Gasteiger partial charge is 0.291 e. The first kappa shape index (κ1) is 30.0. The number of carbonyl (C=O) groups is 3. The summed E-state index contributed by atoms with van der Waals surface area (Å²) in [5, 5.41) is 8.41. The lowest BCUT2D eigenvalue weighted by molar-refractivity contribution is 0.0942. The highest BCUT2D eigenvalue weighted by Gasteiger charge is 2.19. The highest BCUT2D eigenvalue weighted by Crippen LogP contribution is 2.23. The molecule has 0 spiro atoms. The highest BCUT2D eigenvalue weighted by atomic mass is 16.5. The molecule has 0 aliphatic carbocycles. The van der Waals surface area contributed by atoms with E-state index in [0.29, 0.717) is 46.2 Å². The van der Waals surface area contributed by atoms with Crippen molar-refractivity contribution in [3.63, 3.8) is 0 Å². The van der Waals surface area contributed by atoms with Gasteiger partial charge in [0.15, 0.2) is 5.82 Å². The summed E-state index contributed by atoms with van der Waals surface area (Å²) in [6.45, 7) is 1.41. The molecule has 0 saturated carbocycles. The van der Waals surface area contributed by atoms with Gasteiger partial charge in [0.25, 0.3) is 17.7 Å².